The fourth-order valence-electron chi connectivity index (χ4n) is 1.57. The number of hydrogen-bond donors (Lipinski definition) is 1. The Kier molecular flexibility index (Phi) is 3.55. The van der Waals surface area contributed by atoms with Gasteiger partial charge in [0.1, 0.15) is 5.75 Å². The molecule has 0 spiro atoms. The van der Waals surface area contributed by atoms with Crippen LogP contribution in [-0.2, 0) is 6.42 Å². The predicted molar refractivity (Wildman–Crippen MR) is 62.4 cm³/mol. The van der Waals surface area contributed by atoms with E-state index in [1.54, 1.807) is 12.1 Å². The lowest BCUT2D eigenvalue weighted by molar-refractivity contribution is -0.274. The summed E-state index contributed by atoms with van der Waals surface area (Å²) in [6, 6.07) is 7.37. The molecule has 0 radical (unpaired) electrons. The number of anilines is 1. The fourth-order valence-corrected chi connectivity index (χ4v) is 1.57. The first-order chi connectivity index (χ1) is 8.92. The number of aromatic nitrogens is 2. The van der Waals surface area contributed by atoms with Crippen molar-refractivity contribution in [2.24, 2.45) is 0 Å². The van der Waals surface area contributed by atoms with E-state index in [9.17, 15) is 13.2 Å². The molecule has 19 heavy (non-hydrogen) atoms. The summed E-state index contributed by atoms with van der Waals surface area (Å²) in [7, 11) is 0. The van der Waals surface area contributed by atoms with E-state index in [4.69, 9.17) is 5.73 Å². The SMILES string of the molecule is Nc1nccc(Cc2cccc(OC(F)(F)F)c2)n1. The van der Waals surface area contributed by atoms with Crippen LogP contribution in [0.5, 0.6) is 5.75 Å². The number of alkyl halides is 3. The maximum Gasteiger partial charge on any atom is 0.573 e. The van der Waals surface area contributed by atoms with Gasteiger partial charge in [-0.2, -0.15) is 0 Å². The molecule has 0 saturated heterocycles. The molecule has 0 saturated carbocycles. The van der Waals surface area contributed by atoms with E-state index in [-0.39, 0.29) is 11.7 Å². The summed E-state index contributed by atoms with van der Waals surface area (Å²) in [5.74, 6) is -0.132. The van der Waals surface area contributed by atoms with Gasteiger partial charge in [-0.3, -0.25) is 0 Å². The molecular formula is C12H10F3N3O. The Morgan fingerprint density at radius 1 is 1.21 bits per heavy atom. The molecule has 2 rings (SSSR count). The Bertz CT molecular complexity index is 572. The van der Waals surface area contributed by atoms with Crippen molar-refractivity contribution >= 4 is 5.95 Å². The molecule has 0 aliphatic heterocycles. The molecule has 0 amide bonds. The third-order valence-corrected chi connectivity index (χ3v) is 2.25. The molecule has 2 aromatic rings. The van der Waals surface area contributed by atoms with E-state index in [1.807, 2.05) is 0 Å². The van der Waals surface area contributed by atoms with Crippen LogP contribution in [-0.4, -0.2) is 16.3 Å². The van der Waals surface area contributed by atoms with Crippen LogP contribution in [0.2, 0.25) is 0 Å². The number of benzene rings is 1. The zero-order valence-corrected chi connectivity index (χ0v) is 9.69. The highest BCUT2D eigenvalue weighted by Crippen LogP contribution is 2.24. The molecule has 2 N–H and O–H groups in total. The summed E-state index contributed by atoms with van der Waals surface area (Å²) in [5.41, 5.74) is 6.69. The molecular weight excluding hydrogens is 259 g/mol. The lowest BCUT2D eigenvalue weighted by Crippen LogP contribution is -2.17. The van der Waals surface area contributed by atoms with Gasteiger partial charge in [0.25, 0.3) is 0 Å². The van der Waals surface area contributed by atoms with Crippen LogP contribution in [0.25, 0.3) is 0 Å². The number of rotatable bonds is 3. The summed E-state index contributed by atoms with van der Waals surface area (Å²) < 4.78 is 40.1. The van der Waals surface area contributed by atoms with Gasteiger partial charge in [-0.05, 0) is 23.8 Å². The fraction of sp³-hybridized carbons (Fsp3) is 0.167. The van der Waals surface area contributed by atoms with Crippen molar-refractivity contribution in [3.8, 4) is 5.75 Å². The lowest BCUT2D eigenvalue weighted by atomic mass is 10.1. The Balaban J connectivity index is 2.15. The van der Waals surface area contributed by atoms with Crippen LogP contribution in [0.15, 0.2) is 36.5 Å². The number of nitrogen functional groups attached to an aromatic ring is 1. The van der Waals surface area contributed by atoms with Crippen molar-refractivity contribution in [2.75, 3.05) is 5.73 Å². The molecule has 100 valence electrons. The van der Waals surface area contributed by atoms with E-state index in [2.05, 4.69) is 14.7 Å². The average molecular weight is 269 g/mol. The molecule has 0 bridgehead atoms. The van der Waals surface area contributed by atoms with Crippen LogP contribution >= 0.6 is 0 Å². The van der Waals surface area contributed by atoms with Gasteiger partial charge in [0.05, 0.1) is 5.69 Å². The smallest absolute Gasteiger partial charge is 0.406 e. The van der Waals surface area contributed by atoms with Crippen molar-refractivity contribution in [1.82, 2.24) is 9.97 Å². The van der Waals surface area contributed by atoms with Crippen LogP contribution in [0, 0.1) is 0 Å². The van der Waals surface area contributed by atoms with Gasteiger partial charge in [-0.15, -0.1) is 13.2 Å². The number of nitrogens with two attached hydrogens (primary N) is 1. The number of halogens is 3. The summed E-state index contributed by atoms with van der Waals surface area (Å²) in [4.78, 5) is 7.72. The number of hydrogen-bond acceptors (Lipinski definition) is 4. The molecule has 1 aromatic carbocycles. The van der Waals surface area contributed by atoms with Crippen LogP contribution in [0.4, 0.5) is 19.1 Å². The summed E-state index contributed by atoms with van der Waals surface area (Å²) in [6.45, 7) is 0. The molecule has 0 aliphatic rings. The second-order valence-electron chi connectivity index (χ2n) is 3.78. The van der Waals surface area contributed by atoms with Crippen LogP contribution in [0.1, 0.15) is 11.3 Å². The third kappa shape index (κ3) is 4.13. The Hall–Kier alpha value is -2.31. The molecule has 1 heterocycles. The quantitative estimate of drug-likeness (QED) is 0.930. The Morgan fingerprint density at radius 3 is 2.68 bits per heavy atom. The van der Waals surface area contributed by atoms with Gasteiger partial charge < -0.3 is 10.5 Å². The van der Waals surface area contributed by atoms with Crippen molar-refractivity contribution < 1.29 is 17.9 Å². The first-order valence-electron chi connectivity index (χ1n) is 5.34. The van der Waals surface area contributed by atoms with Gasteiger partial charge in [0.15, 0.2) is 0 Å². The second kappa shape index (κ2) is 5.13. The van der Waals surface area contributed by atoms with Gasteiger partial charge in [-0.25, -0.2) is 9.97 Å². The highest BCUT2D eigenvalue weighted by Gasteiger charge is 2.31. The van der Waals surface area contributed by atoms with Gasteiger partial charge in [-0.1, -0.05) is 12.1 Å². The summed E-state index contributed by atoms with van der Waals surface area (Å²) in [6.07, 6.45) is -2.85. The Labute approximate surface area is 107 Å². The van der Waals surface area contributed by atoms with Crippen molar-refractivity contribution in [2.45, 2.75) is 12.8 Å². The highest BCUT2D eigenvalue weighted by molar-refractivity contribution is 5.32. The minimum Gasteiger partial charge on any atom is -0.406 e. The van der Waals surface area contributed by atoms with E-state index >= 15 is 0 Å². The van der Waals surface area contributed by atoms with Crippen LogP contribution < -0.4 is 10.5 Å². The predicted octanol–water partition coefficient (Wildman–Crippen LogP) is 2.55. The molecule has 7 heteroatoms. The molecule has 0 fully saturated rings. The molecule has 0 aliphatic carbocycles. The molecule has 0 unspecified atom stereocenters. The molecule has 4 nitrogen and oxygen atoms in total. The summed E-state index contributed by atoms with van der Waals surface area (Å²) in [5, 5.41) is 0. The van der Waals surface area contributed by atoms with Gasteiger partial charge >= 0.3 is 6.36 Å². The monoisotopic (exact) mass is 269 g/mol. The van der Waals surface area contributed by atoms with E-state index in [0.29, 0.717) is 17.7 Å². The summed E-state index contributed by atoms with van der Waals surface area (Å²) >= 11 is 0. The minimum atomic E-state index is -4.70. The maximum atomic E-state index is 12.1. The largest absolute Gasteiger partial charge is 0.573 e. The Morgan fingerprint density at radius 2 is 2.00 bits per heavy atom. The van der Waals surface area contributed by atoms with Gasteiger partial charge in [0.2, 0.25) is 5.95 Å². The van der Waals surface area contributed by atoms with Crippen molar-refractivity contribution in [3.63, 3.8) is 0 Å². The van der Waals surface area contributed by atoms with Gasteiger partial charge in [0, 0.05) is 12.6 Å². The van der Waals surface area contributed by atoms with Crippen LogP contribution in [0.3, 0.4) is 0 Å². The maximum absolute atomic E-state index is 12.1. The highest BCUT2D eigenvalue weighted by atomic mass is 19.4. The van der Waals surface area contributed by atoms with E-state index < -0.39 is 6.36 Å². The van der Waals surface area contributed by atoms with E-state index in [1.165, 1.54) is 24.4 Å². The van der Waals surface area contributed by atoms with Crippen molar-refractivity contribution in [3.05, 3.63) is 47.8 Å². The standard InChI is InChI=1S/C12H10F3N3O/c13-12(14,15)19-10-3-1-2-8(7-10)6-9-4-5-17-11(16)18-9/h1-5,7H,6H2,(H2,16,17,18). The third-order valence-electron chi connectivity index (χ3n) is 2.25. The average Bonchev–Trinajstić information content (AvgIpc) is 2.27. The number of nitrogens with zero attached hydrogens (tertiary/aromatic N) is 2. The zero-order chi connectivity index (χ0) is 13.9. The molecule has 1 aromatic heterocycles. The zero-order valence-electron chi connectivity index (χ0n) is 9.69. The topological polar surface area (TPSA) is 61.0 Å². The first-order valence-corrected chi connectivity index (χ1v) is 5.34. The van der Waals surface area contributed by atoms with E-state index in [0.717, 1.165) is 0 Å². The molecule has 0 atom stereocenters. The lowest BCUT2D eigenvalue weighted by Gasteiger charge is -2.09. The normalized spacial score (nSPS) is 11.3. The first kappa shape index (κ1) is 13.1. The second-order valence-corrected chi connectivity index (χ2v) is 3.78. The van der Waals surface area contributed by atoms with Crippen molar-refractivity contribution in [1.29, 1.82) is 0 Å². The minimum absolute atomic E-state index is 0.125. The number of ether oxygens (including phenoxy) is 1.